The third kappa shape index (κ3) is 5.50. The van der Waals surface area contributed by atoms with Gasteiger partial charge in [0.25, 0.3) is 5.91 Å². The number of aromatic nitrogens is 1. The molecule has 0 radical (unpaired) electrons. The Balaban J connectivity index is 1.23. The van der Waals surface area contributed by atoms with Gasteiger partial charge >= 0.3 is 0 Å². The zero-order chi connectivity index (χ0) is 30.8. The fourth-order valence-corrected chi connectivity index (χ4v) is 6.50. The van der Waals surface area contributed by atoms with Crippen molar-refractivity contribution in [2.75, 3.05) is 31.8 Å². The molecule has 228 valence electrons. The predicted molar refractivity (Wildman–Crippen MR) is 171 cm³/mol. The normalized spacial score (nSPS) is 17.0. The molecule has 2 N–H and O–H groups in total. The molecular weight excluding hydrogens is 554 g/mol. The van der Waals surface area contributed by atoms with Crippen LogP contribution in [0.1, 0.15) is 42.7 Å². The molecule has 4 aromatic rings. The van der Waals surface area contributed by atoms with E-state index >= 15 is 0 Å². The monoisotopic (exact) mass is 593 g/mol. The lowest BCUT2D eigenvalue weighted by molar-refractivity contribution is -0.140. The lowest BCUT2D eigenvalue weighted by Gasteiger charge is -2.44. The van der Waals surface area contributed by atoms with Gasteiger partial charge in [0, 0.05) is 42.1 Å². The number of benzene rings is 3. The number of piperidine rings is 1. The van der Waals surface area contributed by atoms with Crippen LogP contribution >= 0.6 is 0 Å². The lowest BCUT2D eigenvalue weighted by atomic mass is 9.85. The molecule has 1 aromatic heterocycles. The van der Waals surface area contributed by atoms with E-state index in [1.165, 1.54) is 0 Å². The molecule has 3 heterocycles. The smallest absolute Gasteiger partial charge is 0.268 e. The maximum absolute atomic E-state index is 14.1. The van der Waals surface area contributed by atoms with Gasteiger partial charge in [-0.2, -0.15) is 0 Å². The van der Waals surface area contributed by atoms with E-state index in [2.05, 4.69) is 15.2 Å². The molecule has 9 nitrogen and oxygen atoms in total. The fraction of sp³-hybridized carbons (Fsp3) is 0.343. The zero-order valence-corrected chi connectivity index (χ0v) is 25.5. The van der Waals surface area contributed by atoms with E-state index in [-0.39, 0.29) is 23.8 Å². The van der Waals surface area contributed by atoms with E-state index in [0.717, 1.165) is 27.9 Å². The molecule has 2 fully saturated rings. The highest BCUT2D eigenvalue weighted by atomic mass is 16.5. The first-order valence-electron chi connectivity index (χ1n) is 15.2. The van der Waals surface area contributed by atoms with Crippen molar-refractivity contribution in [2.24, 2.45) is 0 Å². The number of likely N-dealkylation sites (tertiary alicyclic amines) is 1. The third-order valence-electron chi connectivity index (χ3n) is 9.04. The Labute approximate surface area is 257 Å². The van der Waals surface area contributed by atoms with Crippen molar-refractivity contribution in [3.05, 3.63) is 96.2 Å². The van der Waals surface area contributed by atoms with Crippen molar-refractivity contribution >= 4 is 34.3 Å². The minimum absolute atomic E-state index is 0.0708. The van der Waals surface area contributed by atoms with E-state index < -0.39 is 11.6 Å². The van der Waals surface area contributed by atoms with Gasteiger partial charge in [-0.05, 0) is 68.7 Å². The van der Waals surface area contributed by atoms with Gasteiger partial charge in [0.15, 0.2) is 0 Å². The Morgan fingerprint density at radius 1 is 0.955 bits per heavy atom. The number of hydrogen-bond donors (Lipinski definition) is 2. The van der Waals surface area contributed by atoms with E-state index in [4.69, 9.17) is 4.74 Å². The summed E-state index contributed by atoms with van der Waals surface area (Å²) in [6.45, 7) is 5.44. The second kappa shape index (κ2) is 12.1. The molecule has 2 saturated heterocycles. The highest BCUT2D eigenvalue weighted by molar-refractivity contribution is 6.00. The quantitative estimate of drug-likeness (QED) is 0.312. The van der Waals surface area contributed by atoms with Gasteiger partial charge < -0.3 is 29.7 Å². The molecule has 2 aliphatic rings. The van der Waals surface area contributed by atoms with Gasteiger partial charge in [-0.15, -0.1) is 0 Å². The van der Waals surface area contributed by atoms with Crippen LogP contribution in [0.3, 0.4) is 0 Å². The number of anilines is 1. The highest BCUT2D eigenvalue weighted by Gasteiger charge is 2.54. The molecule has 1 atom stereocenters. The zero-order valence-electron chi connectivity index (χ0n) is 25.5. The molecule has 3 amide bonds. The number of ether oxygens (including phenoxy) is 1. The van der Waals surface area contributed by atoms with Crippen LogP contribution in [0.4, 0.5) is 5.69 Å². The first-order chi connectivity index (χ1) is 21.3. The number of rotatable bonds is 8. The maximum Gasteiger partial charge on any atom is 0.268 e. The number of nitrogens with one attached hydrogen (secondary N) is 2. The van der Waals surface area contributed by atoms with E-state index in [9.17, 15) is 14.4 Å². The average Bonchev–Trinajstić information content (AvgIpc) is 3.61. The van der Waals surface area contributed by atoms with Crippen LogP contribution in [0, 0.1) is 0 Å². The molecule has 9 heteroatoms. The summed E-state index contributed by atoms with van der Waals surface area (Å²) in [6, 6.07) is 26.3. The minimum Gasteiger partial charge on any atom is -0.497 e. The lowest BCUT2D eigenvalue weighted by Crippen LogP contribution is -2.60. The summed E-state index contributed by atoms with van der Waals surface area (Å²) in [6.07, 6.45) is 1.36. The number of aromatic amines is 1. The minimum atomic E-state index is -0.784. The highest BCUT2D eigenvalue weighted by Crippen LogP contribution is 2.40. The number of fused-ring (bicyclic) bond motifs is 1. The van der Waals surface area contributed by atoms with Crippen molar-refractivity contribution in [3.63, 3.8) is 0 Å². The Hall–Kier alpha value is -4.79. The topological polar surface area (TPSA) is 98.0 Å². The summed E-state index contributed by atoms with van der Waals surface area (Å²) in [5.74, 6) is 0.345. The van der Waals surface area contributed by atoms with Crippen LogP contribution in [-0.4, -0.2) is 77.0 Å². The second-order valence-electron chi connectivity index (χ2n) is 12.0. The number of amides is 3. The Kier molecular flexibility index (Phi) is 8.03. The Morgan fingerprint density at radius 2 is 1.64 bits per heavy atom. The molecule has 3 aromatic carbocycles. The van der Waals surface area contributed by atoms with Crippen LogP contribution in [-0.2, 0) is 16.0 Å². The largest absolute Gasteiger partial charge is 0.497 e. The van der Waals surface area contributed by atoms with Crippen molar-refractivity contribution in [1.29, 1.82) is 0 Å². The summed E-state index contributed by atoms with van der Waals surface area (Å²) in [7, 11) is 1.61. The second-order valence-corrected chi connectivity index (χ2v) is 12.0. The van der Waals surface area contributed by atoms with Gasteiger partial charge in [-0.1, -0.05) is 48.5 Å². The summed E-state index contributed by atoms with van der Waals surface area (Å²) < 4.78 is 5.30. The van der Waals surface area contributed by atoms with Crippen molar-refractivity contribution in [1.82, 2.24) is 20.1 Å². The van der Waals surface area contributed by atoms with Crippen molar-refractivity contribution in [3.8, 4) is 5.75 Å². The molecule has 0 bridgehead atoms. The molecule has 0 aliphatic carbocycles. The molecule has 2 aliphatic heterocycles. The van der Waals surface area contributed by atoms with E-state index in [0.29, 0.717) is 44.7 Å². The fourth-order valence-electron chi connectivity index (χ4n) is 6.50. The van der Waals surface area contributed by atoms with Crippen LogP contribution in [0.25, 0.3) is 10.9 Å². The van der Waals surface area contributed by atoms with Crippen LogP contribution in [0.2, 0.25) is 0 Å². The molecule has 44 heavy (non-hydrogen) atoms. The van der Waals surface area contributed by atoms with Crippen LogP contribution in [0.15, 0.2) is 84.9 Å². The molecule has 0 saturated carbocycles. The first-order valence-corrected chi connectivity index (χ1v) is 15.2. The van der Waals surface area contributed by atoms with Gasteiger partial charge in [-0.25, -0.2) is 0 Å². The summed E-state index contributed by atoms with van der Waals surface area (Å²) in [5.41, 5.74) is 2.47. The van der Waals surface area contributed by atoms with Crippen LogP contribution < -0.4 is 15.0 Å². The van der Waals surface area contributed by atoms with Crippen LogP contribution in [0.5, 0.6) is 5.75 Å². The number of para-hydroxylation sites is 2. The van der Waals surface area contributed by atoms with Gasteiger partial charge in [0.1, 0.15) is 23.0 Å². The number of nitrogens with zero attached hydrogens (tertiary/aromatic N) is 3. The standard InChI is InChI=1S/C35H39N5O4/c1-24(2)39-23-40(27-10-5-4-6-11-27)35(34(39)43)17-19-38(20-18-35)33(42)31(21-25-13-15-28(44-3)16-14-25)37-32(41)30-22-26-9-7-8-12-29(26)36-30/h4-16,22,24,31,36H,17-21,23H2,1-3H3,(H,37,41). The molecule has 6 rings (SSSR count). The number of carbonyl (C=O) groups excluding carboxylic acids is 3. The molecular formula is C35H39N5O4. The number of H-pyrrole nitrogens is 1. The van der Waals surface area contributed by atoms with Crippen molar-refractivity contribution < 1.29 is 19.1 Å². The van der Waals surface area contributed by atoms with Crippen molar-refractivity contribution in [2.45, 2.75) is 50.7 Å². The van der Waals surface area contributed by atoms with E-state index in [1.54, 1.807) is 18.1 Å². The SMILES string of the molecule is COc1ccc(CC(NC(=O)c2cc3ccccc3[nH]2)C(=O)N2CCC3(CC2)C(=O)N(C(C)C)CN3c2ccccc2)cc1. The Morgan fingerprint density at radius 3 is 2.30 bits per heavy atom. The van der Waals surface area contributed by atoms with Gasteiger partial charge in [0.2, 0.25) is 11.8 Å². The summed E-state index contributed by atoms with van der Waals surface area (Å²) in [4.78, 5) is 50.6. The molecule has 1 spiro atoms. The number of methoxy groups -OCH3 is 1. The van der Waals surface area contributed by atoms with Gasteiger partial charge in [0.05, 0.1) is 13.8 Å². The average molecular weight is 594 g/mol. The predicted octanol–water partition coefficient (Wildman–Crippen LogP) is 4.59. The summed E-state index contributed by atoms with van der Waals surface area (Å²) >= 11 is 0. The summed E-state index contributed by atoms with van der Waals surface area (Å²) in [5, 5.41) is 3.94. The molecule has 1 unspecified atom stereocenters. The third-order valence-corrected chi connectivity index (χ3v) is 9.04. The maximum atomic E-state index is 14.1. The Bertz CT molecular complexity index is 1610. The number of carbonyl (C=O) groups is 3. The van der Waals surface area contributed by atoms with Gasteiger partial charge in [-0.3, -0.25) is 14.4 Å². The first kappa shape index (κ1) is 29.3. The number of hydrogen-bond acceptors (Lipinski definition) is 5. The van der Waals surface area contributed by atoms with E-state index in [1.807, 2.05) is 97.6 Å².